The first kappa shape index (κ1) is 12.2. The summed E-state index contributed by atoms with van der Waals surface area (Å²) in [5.74, 6) is 1.88. The van der Waals surface area contributed by atoms with Crippen molar-refractivity contribution >= 4 is 23.2 Å². The molecule has 0 fully saturated rings. The molecule has 0 saturated heterocycles. The topological polar surface area (TPSA) is 22.1 Å². The van der Waals surface area contributed by atoms with E-state index in [9.17, 15) is 0 Å². The first-order valence-corrected chi connectivity index (χ1v) is 6.04. The van der Waals surface area contributed by atoms with Crippen LogP contribution in [-0.4, -0.2) is 4.98 Å². The molecule has 0 aliphatic heterocycles. The molecule has 0 unspecified atom stereocenters. The molecule has 4 heteroatoms. The summed E-state index contributed by atoms with van der Waals surface area (Å²) in [4.78, 5) is 3.96. The van der Waals surface area contributed by atoms with E-state index in [2.05, 4.69) is 4.98 Å². The highest BCUT2D eigenvalue weighted by Crippen LogP contribution is 2.25. The second kappa shape index (κ2) is 5.39. The third-order valence-corrected chi connectivity index (χ3v) is 2.87. The molecule has 2 rings (SSSR count). The van der Waals surface area contributed by atoms with Crippen LogP contribution in [0.25, 0.3) is 0 Å². The summed E-state index contributed by atoms with van der Waals surface area (Å²) in [5, 5.41) is 0.552. The number of pyridine rings is 1. The average Bonchev–Trinajstić information content (AvgIpc) is 2.29. The van der Waals surface area contributed by atoms with E-state index in [1.54, 1.807) is 18.5 Å². The number of ether oxygens (including phenoxy) is 1. The minimum atomic E-state index is 0.505. The van der Waals surface area contributed by atoms with Crippen LogP contribution in [0.2, 0.25) is 5.02 Å². The van der Waals surface area contributed by atoms with Crippen LogP contribution in [-0.2, 0) is 5.88 Å². The van der Waals surface area contributed by atoms with E-state index in [-0.39, 0.29) is 0 Å². The molecule has 0 aliphatic rings. The van der Waals surface area contributed by atoms with Gasteiger partial charge in [0, 0.05) is 18.1 Å². The minimum absolute atomic E-state index is 0.505. The summed E-state index contributed by atoms with van der Waals surface area (Å²) < 4.78 is 5.65. The maximum absolute atomic E-state index is 5.83. The standard InChI is InChI=1S/C13H11Cl2NO/c1-9-4-12(3-2-10(9)6-14)17-13-5-11(15)7-16-8-13/h2-5,7-8H,6H2,1H3. The van der Waals surface area contributed by atoms with Gasteiger partial charge in [0.2, 0.25) is 0 Å². The molecule has 0 bridgehead atoms. The normalized spacial score (nSPS) is 10.3. The van der Waals surface area contributed by atoms with Crippen molar-refractivity contribution in [2.45, 2.75) is 12.8 Å². The molecule has 2 nitrogen and oxygen atoms in total. The second-order valence-electron chi connectivity index (χ2n) is 3.66. The molecule has 0 spiro atoms. The third-order valence-electron chi connectivity index (χ3n) is 2.37. The number of benzene rings is 1. The average molecular weight is 268 g/mol. The Bertz CT molecular complexity index is 529. The number of nitrogens with zero attached hydrogens (tertiary/aromatic N) is 1. The van der Waals surface area contributed by atoms with E-state index in [0.717, 1.165) is 16.9 Å². The lowest BCUT2D eigenvalue weighted by Gasteiger charge is -2.08. The molecule has 17 heavy (non-hydrogen) atoms. The molecule has 1 aromatic heterocycles. The summed E-state index contributed by atoms with van der Waals surface area (Å²) in [5.41, 5.74) is 2.20. The zero-order valence-electron chi connectivity index (χ0n) is 9.28. The Morgan fingerprint density at radius 2 is 2.00 bits per heavy atom. The zero-order chi connectivity index (χ0) is 12.3. The monoisotopic (exact) mass is 267 g/mol. The largest absolute Gasteiger partial charge is 0.456 e. The highest BCUT2D eigenvalue weighted by atomic mass is 35.5. The molecule has 88 valence electrons. The number of aromatic nitrogens is 1. The third kappa shape index (κ3) is 3.11. The molecule has 0 atom stereocenters. The van der Waals surface area contributed by atoms with Gasteiger partial charge in [-0.25, -0.2) is 0 Å². The predicted octanol–water partition coefficient (Wildman–Crippen LogP) is 4.57. The van der Waals surface area contributed by atoms with Crippen molar-refractivity contribution in [1.29, 1.82) is 0 Å². The molecule has 0 aliphatic carbocycles. The maximum Gasteiger partial charge on any atom is 0.147 e. The van der Waals surface area contributed by atoms with Crippen molar-refractivity contribution in [3.8, 4) is 11.5 Å². The SMILES string of the molecule is Cc1cc(Oc2cncc(Cl)c2)ccc1CCl. The van der Waals surface area contributed by atoms with Gasteiger partial charge < -0.3 is 4.74 Å². The van der Waals surface area contributed by atoms with Crippen LogP contribution in [0, 0.1) is 6.92 Å². The van der Waals surface area contributed by atoms with Gasteiger partial charge >= 0.3 is 0 Å². The first-order valence-electron chi connectivity index (χ1n) is 5.13. The van der Waals surface area contributed by atoms with Gasteiger partial charge in [0.1, 0.15) is 11.5 Å². The van der Waals surface area contributed by atoms with E-state index in [1.807, 2.05) is 25.1 Å². The Balaban J connectivity index is 2.22. The fraction of sp³-hybridized carbons (Fsp3) is 0.154. The smallest absolute Gasteiger partial charge is 0.147 e. The quantitative estimate of drug-likeness (QED) is 0.760. The number of aryl methyl sites for hydroxylation is 1. The van der Waals surface area contributed by atoms with E-state index in [0.29, 0.717) is 16.7 Å². The van der Waals surface area contributed by atoms with Crippen LogP contribution in [0.4, 0.5) is 0 Å². The van der Waals surface area contributed by atoms with Gasteiger partial charge in [-0.1, -0.05) is 17.7 Å². The van der Waals surface area contributed by atoms with Crippen LogP contribution in [0.5, 0.6) is 11.5 Å². The predicted molar refractivity (Wildman–Crippen MR) is 70.1 cm³/mol. The van der Waals surface area contributed by atoms with Gasteiger partial charge in [-0.3, -0.25) is 4.98 Å². The highest BCUT2D eigenvalue weighted by Gasteiger charge is 2.02. The number of hydrogen-bond acceptors (Lipinski definition) is 2. The van der Waals surface area contributed by atoms with Crippen molar-refractivity contribution in [3.05, 3.63) is 52.8 Å². The summed E-state index contributed by atoms with van der Waals surface area (Å²) in [6, 6.07) is 7.50. The molecular formula is C13H11Cl2NO. The van der Waals surface area contributed by atoms with Gasteiger partial charge in [-0.05, 0) is 30.2 Å². The lowest BCUT2D eigenvalue weighted by atomic mass is 10.1. The summed E-state index contributed by atoms with van der Waals surface area (Å²) in [6.07, 6.45) is 3.19. The van der Waals surface area contributed by atoms with Gasteiger partial charge in [0.05, 0.1) is 11.2 Å². The van der Waals surface area contributed by atoms with Crippen LogP contribution >= 0.6 is 23.2 Å². The van der Waals surface area contributed by atoms with Crippen LogP contribution < -0.4 is 4.74 Å². The Kier molecular flexibility index (Phi) is 3.87. The lowest BCUT2D eigenvalue weighted by molar-refractivity contribution is 0.480. The van der Waals surface area contributed by atoms with Gasteiger partial charge in [0.25, 0.3) is 0 Å². The van der Waals surface area contributed by atoms with Crippen LogP contribution in [0.3, 0.4) is 0 Å². The fourth-order valence-corrected chi connectivity index (χ4v) is 1.93. The summed E-state index contributed by atoms with van der Waals surface area (Å²) in [7, 11) is 0. The van der Waals surface area contributed by atoms with Gasteiger partial charge in [-0.15, -0.1) is 11.6 Å². The second-order valence-corrected chi connectivity index (χ2v) is 4.37. The fourth-order valence-electron chi connectivity index (χ4n) is 1.47. The summed E-state index contributed by atoms with van der Waals surface area (Å²) >= 11 is 11.6. The van der Waals surface area contributed by atoms with Crippen molar-refractivity contribution in [2.24, 2.45) is 0 Å². The Morgan fingerprint density at radius 3 is 2.65 bits per heavy atom. The van der Waals surface area contributed by atoms with E-state index < -0.39 is 0 Å². The molecule has 0 saturated carbocycles. The van der Waals surface area contributed by atoms with Crippen molar-refractivity contribution in [3.63, 3.8) is 0 Å². The molecule has 1 heterocycles. The maximum atomic E-state index is 5.83. The number of alkyl halides is 1. The molecule has 0 amide bonds. The van der Waals surface area contributed by atoms with Gasteiger partial charge in [-0.2, -0.15) is 0 Å². The van der Waals surface area contributed by atoms with Gasteiger partial charge in [0.15, 0.2) is 0 Å². The molecule has 2 aromatic rings. The Hall–Kier alpha value is -1.25. The number of hydrogen-bond donors (Lipinski definition) is 0. The zero-order valence-corrected chi connectivity index (χ0v) is 10.8. The van der Waals surface area contributed by atoms with Crippen molar-refractivity contribution in [1.82, 2.24) is 4.98 Å². The minimum Gasteiger partial charge on any atom is -0.456 e. The lowest BCUT2D eigenvalue weighted by Crippen LogP contribution is -1.89. The molecular weight excluding hydrogens is 257 g/mol. The van der Waals surface area contributed by atoms with Crippen LogP contribution in [0.1, 0.15) is 11.1 Å². The van der Waals surface area contributed by atoms with Crippen molar-refractivity contribution in [2.75, 3.05) is 0 Å². The summed E-state index contributed by atoms with van der Waals surface area (Å²) in [6.45, 7) is 2.00. The molecule has 1 aromatic carbocycles. The number of rotatable bonds is 3. The van der Waals surface area contributed by atoms with E-state index in [1.165, 1.54) is 0 Å². The highest BCUT2D eigenvalue weighted by molar-refractivity contribution is 6.30. The van der Waals surface area contributed by atoms with Crippen molar-refractivity contribution < 1.29 is 4.74 Å². The van der Waals surface area contributed by atoms with E-state index in [4.69, 9.17) is 27.9 Å². The van der Waals surface area contributed by atoms with Crippen LogP contribution in [0.15, 0.2) is 36.7 Å². The Morgan fingerprint density at radius 1 is 1.18 bits per heavy atom. The number of halogens is 2. The first-order chi connectivity index (χ1) is 8.19. The Labute approximate surface area is 110 Å². The molecule has 0 radical (unpaired) electrons. The molecule has 0 N–H and O–H groups in total. The van der Waals surface area contributed by atoms with E-state index >= 15 is 0 Å².